The van der Waals surface area contributed by atoms with Crippen molar-refractivity contribution in [1.29, 1.82) is 0 Å². The van der Waals surface area contributed by atoms with Crippen molar-refractivity contribution in [3.8, 4) is 11.1 Å². The lowest BCUT2D eigenvalue weighted by molar-refractivity contribution is 0.0601. The fraction of sp³-hybridized carbons (Fsp3) is 0.188. The van der Waals surface area contributed by atoms with Gasteiger partial charge in [-0.25, -0.2) is 9.31 Å². The maximum Gasteiger partial charge on any atom is 0.340 e. The SMILES string of the molecule is CCc1ccc2c(-c3cncc(Br)c3)c(C(=O)OC)cnn12. The van der Waals surface area contributed by atoms with Crippen molar-refractivity contribution >= 4 is 27.4 Å². The highest BCUT2D eigenvalue weighted by atomic mass is 79.9. The molecule has 0 atom stereocenters. The summed E-state index contributed by atoms with van der Waals surface area (Å²) < 4.78 is 7.59. The number of nitrogens with zero attached hydrogens (tertiary/aromatic N) is 3. The molecule has 0 aliphatic carbocycles. The van der Waals surface area contributed by atoms with Crippen molar-refractivity contribution in [1.82, 2.24) is 14.6 Å². The van der Waals surface area contributed by atoms with Crippen LogP contribution in [0.1, 0.15) is 23.0 Å². The number of esters is 1. The van der Waals surface area contributed by atoms with E-state index in [1.807, 2.05) is 22.7 Å². The van der Waals surface area contributed by atoms with Gasteiger partial charge < -0.3 is 4.74 Å². The van der Waals surface area contributed by atoms with Gasteiger partial charge in [0.1, 0.15) is 0 Å². The predicted octanol–water partition coefficient (Wildman–Crippen LogP) is 3.51. The Bertz CT molecular complexity index is 858. The Morgan fingerprint density at radius 3 is 2.82 bits per heavy atom. The Morgan fingerprint density at radius 2 is 2.14 bits per heavy atom. The van der Waals surface area contributed by atoms with Gasteiger partial charge in [0.05, 0.1) is 24.4 Å². The smallest absolute Gasteiger partial charge is 0.340 e. The lowest BCUT2D eigenvalue weighted by atomic mass is 10.0. The molecular formula is C16H14BrN3O2. The van der Waals surface area contributed by atoms with Gasteiger partial charge in [-0.3, -0.25) is 4.98 Å². The second kappa shape index (κ2) is 5.88. The van der Waals surface area contributed by atoms with Crippen LogP contribution in [0.4, 0.5) is 0 Å². The topological polar surface area (TPSA) is 56.5 Å². The lowest BCUT2D eigenvalue weighted by Gasteiger charge is -2.11. The molecule has 3 aromatic heterocycles. The van der Waals surface area contributed by atoms with Gasteiger partial charge in [0.2, 0.25) is 0 Å². The molecule has 0 bridgehead atoms. The van der Waals surface area contributed by atoms with E-state index >= 15 is 0 Å². The molecule has 0 amide bonds. The van der Waals surface area contributed by atoms with E-state index < -0.39 is 5.97 Å². The summed E-state index contributed by atoms with van der Waals surface area (Å²) in [6.45, 7) is 2.07. The molecule has 22 heavy (non-hydrogen) atoms. The fourth-order valence-corrected chi connectivity index (χ4v) is 2.86. The summed E-state index contributed by atoms with van der Waals surface area (Å²) in [6, 6.07) is 5.90. The van der Waals surface area contributed by atoms with Crippen molar-refractivity contribution in [2.45, 2.75) is 13.3 Å². The number of carbonyl (C=O) groups excluding carboxylic acids is 1. The van der Waals surface area contributed by atoms with Crippen LogP contribution in [0.5, 0.6) is 0 Å². The first kappa shape index (κ1) is 14.7. The van der Waals surface area contributed by atoms with Gasteiger partial charge in [-0.05, 0) is 40.5 Å². The third kappa shape index (κ3) is 2.39. The average Bonchev–Trinajstić information content (AvgIpc) is 2.96. The first-order valence-electron chi connectivity index (χ1n) is 6.84. The molecule has 0 saturated carbocycles. The average molecular weight is 360 g/mol. The summed E-state index contributed by atoms with van der Waals surface area (Å²) in [5, 5.41) is 4.37. The van der Waals surface area contributed by atoms with Gasteiger partial charge in [-0.2, -0.15) is 5.10 Å². The molecule has 0 unspecified atom stereocenters. The number of hydrogen-bond donors (Lipinski definition) is 0. The maximum absolute atomic E-state index is 12.1. The standard InChI is InChI=1S/C16H14BrN3O2/c1-3-12-4-5-14-15(10-6-11(17)8-18-7-10)13(16(21)22-2)9-19-20(12)14/h4-9H,3H2,1-2H3. The van der Waals surface area contributed by atoms with Crippen molar-refractivity contribution in [2.24, 2.45) is 0 Å². The number of fused-ring (bicyclic) bond motifs is 1. The van der Waals surface area contributed by atoms with E-state index in [2.05, 4.69) is 32.9 Å². The zero-order valence-electron chi connectivity index (χ0n) is 12.2. The lowest BCUT2D eigenvalue weighted by Crippen LogP contribution is -2.08. The molecule has 3 rings (SSSR count). The van der Waals surface area contributed by atoms with Gasteiger partial charge >= 0.3 is 5.97 Å². The Morgan fingerprint density at radius 1 is 1.32 bits per heavy atom. The fourth-order valence-electron chi connectivity index (χ4n) is 2.50. The van der Waals surface area contributed by atoms with Crippen LogP contribution in [0.15, 0.2) is 41.3 Å². The van der Waals surface area contributed by atoms with Gasteiger partial charge in [0.25, 0.3) is 0 Å². The van der Waals surface area contributed by atoms with Gasteiger partial charge in [0, 0.05) is 33.7 Å². The van der Waals surface area contributed by atoms with Crippen molar-refractivity contribution < 1.29 is 9.53 Å². The first-order valence-corrected chi connectivity index (χ1v) is 7.64. The molecule has 0 radical (unpaired) electrons. The van der Waals surface area contributed by atoms with Gasteiger partial charge in [-0.15, -0.1) is 0 Å². The van der Waals surface area contributed by atoms with Gasteiger partial charge in [-0.1, -0.05) is 6.92 Å². The monoisotopic (exact) mass is 359 g/mol. The zero-order chi connectivity index (χ0) is 15.7. The van der Waals surface area contributed by atoms with Crippen LogP contribution in [0.3, 0.4) is 0 Å². The number of aryl methyl sites for hydroxylation is 1. The van der Waals surface area contributed by atoms with E-state index in [-0.39, 0.29) is 0 Å². The summed E-state index contributed by atoms with van der Waals surface area (Å²) in [4.78, 5) is 16.3. The highest BCUT2D eigenvalue weighted by molar-refractivity contribution is 9.10. The van der Waals surface area contributed by atoms with Crippen LogP contribution in [0, 0.1) is 0 Å². The van der Waals surface area contributed by atoms with Crippen molar-refractivity contribution in [3.05, 3.63) is 52.5 Å². The number of halogens is 1. The minimum Gasteiger partial charge on any atom is -0.465 e. The van der Waals surface area contributed by atoms with E-state index in [9.17, 15) is 4.79 Å². The molecular weight excluding hydrogens is 346 g/mol. The second-order valence-corrected chi connectivity index (χ2v) is 5.71. The summed E-state index contributed by atoms with van der Waals surface area (Å²) in [7, 11) is 1.37. The predicted molar refractivity (Wildman–Crippen MR) is 86.8 cm³/mol. The van der Waals surface area contributed by atoms with Crippen molar-refractivity contribution in [2.75, 3.05) is 7.11 Å². The summed E-state index contributed by atoms with van der Waals surface area (Å²) >= 11 is 3.42. The molecule has 5 nitrogen and oxygen atoms in total. The molecule has 6 heteroatoms. The maximum atomic E-state index is 12.1. The third-order valence-corrected chi connectivity index (χ3v) is 3.96. The normalized spacial score (nSPS) is 10.9. The minimum absolute atomic E-state index is 0.413. The van der Waals surface area contributed by atoms with Gasteiger partial charge in [0.15, 0.2) is 0 Å². The number of hydrogen-bond acceptors (Lipinski definition) is 4. The molecule has 3 heterocycles. The molecule has 0 saturated heterocycles. The van der Waals surface area contributed by atoms with Crippen LogP contribution in [0.25, 0.3) is 16.6 Å². The second-order valence-electron chi connectivity index (χ2n) is 4.79. The molecule has 0 spiro atoms. The van der Waals surface area contributed by atoms with Crippen LogP contribution in [-0.2, 0) is 11.2 Å². The first-order chi connectivity index (χ1) is 10.7. The molecule has 0 fully saturated rings. The number of aromatic nitrogens is 3. The number of ether oxygens (including phenoxy) is 1. The Hall–Kier alpha value is -2.21. The summed E-state index contributed by atoms with van der Waals surface area (Å²) in [5.74, 6) is -0.413. The number of methoxy groups -OCH3 is 1. The highest BCUT2D eigenvalue weighted by Gasteiger charge is 2.19. The van der Waals surface area contributed by atoms with E-state index in [1.54, 1.807) is 18.6 Å². The Kier molecular flexibility index (Phi) is 3.94. The number of rotatable bonds is 3. The van der Waals surface area contributed by atoms with Crippen molar-refractivity contribution in [3.63, 3.8) is 0 Å². The summed E-state index contributed by atoms with van der Waals surface area (Å²) in [5.41, 5.74) is 3.98. The van der Waals surface area contributed by atoms with Crippen LogP contribution >= 0.6 is 15.9 Å². The van der Waals surface area contributed by atoms with E-state index in [4.69, 9.17) is 4.74 Å². The molecule has 0 aliphatic rings. The molecule has 112 valence electrons. The summed E-state index contributed by atoms with van der Waals surface area (Å²) in [6.07, 6.45) is 5.84. The van der Waals surface area contributed by atoms with E-state index in [0.29, 0.717) is 5.56 Å². The minimum atomic E-state index is -0.413. The molecule has 3 aromatic rings. The largest absolute Gasteiger partial charge is 0.465 e. The number of pyridine rings is 1. The van der Waals surface area contributed by atoms with Crippen LogP contribution in [0.2, 0.25) is 0 Å². The Balaban J connectivity index is 2.36. The number of carbonyl (C=O) groups is 1. The van der Waals surface area contributed by atoms with E-state index in [0.717, 1.165) is 33.2 Å². The third-order valence-electron chi connectivity index (χ3n) is 3.52. The van der Waals surface area contributed by atoms with E-state index in [1.165, 1.54) is 7.11 Å². The van der Waals surface area contributed by atoms with Crippen LogP contribution < -0.4 is 0 Å². The quantitative estimate of drug-likeness (QED) is 0.671. The molecule has 0 N–H and O–H groups in total. The molecule has 0 aliphatic heterocycles. The zero-order valence-corrected chi connectivity index (χ0v) is 13.8. The van der Waals surface area contributed by atoms with Crippen LogP contribution in [-0.4, -0.2) is 27.7 Å². The molecule has 0 aromatic carbocycles. The Labute approximate surface area is 136 Å². The highest BCUT2D eigenvalue weighted by Crippen LogP contribution is 2.30.